The van der Waals surface area contributed by atoms with E-state index in [0.29, 0.717) is 11.5 Å². The van der Waals surface area contributed by atoms with Gasteiger partial charge in [-0.25, -0.2) is 9.78 Å². The minimum absolute atomic E-state index is 0.117. The van der Waals surface area contributed by atoms with Crippen LogP contribution in [-0.2, 0) is 6.54 Å². The summed E-state index contributed by atoms with van der Waals surface area (Å²) in [5.74, 6) is -0.0873. The van der Waals surface area contributed by atoms with Crippen LogP contribution in [0.3, 0.4) is 0 Å². The highest BCUT2D eigenvalue weighted by atomic mass is 16.4. The molecule has 1 fully saturated rings. The standard InChI is InChI=1S/C14H14N4O3/c19-13(12-16-11(17-18-12)9-4-5-9)15-7-8-2-1-3-10(6-8)14(20)21/h1-3,6,9H,4-5,7H2,(H,15,19)(H,20,21)(H,16,17,18). The molecule has 0 spiro atoms. The number of amides is 1. The average Bonchev–Trinajstić information content (AvgIpc) is 3.22. The summed E-state index contributed by atoms with van der Waals surface area (Å²) in [6, 6.07) is 6.42. The zero-order valence-corrected chi connectivity index (χ0v) is 11.2. The summed E-state index contributed by atoms with van der Waals surface area (Å²) in [5, 5.41) is 18.3. The number of benzene rings is 1. The van der Waals surface area contributed by atoms with E-state index in [1.165, 1.54) is 12.1 Å². The molecule has 1 saturated carbocycles. The van der Waals surface area contributed by atoms with E-state index >= 15 is 0 Å². The van der Waals surface area contributed by atoms with Crippen molar-refractivity contribution in [3.05, 3.63) is 47.0 Å². The van der Waals surface area contributed by atoms with Gasteiger partial charge in [-0.2, -0.15) is 0 Å². The zero-order valence-electron chi connectivity index (χ0n) is 11.2. The first-order chi connectivity index (χ1) is 10.1. The summed E-state index contributed by atoms with van der Waals surface area (Å²) in [7, 11) is 0. The Balaban J connectivity index is 1.62. The second-order valence-electron chi connectivity index (χ2n) is 5.01. The van der Waals surface area contributed by atoms with Gasteiger partial charge in [0.15, 0.2) is 0 Å². The summed E-state index contributed by atoms with van der Waals surface area (Å²) in [5.41, 5.74) is 0.900. The Bertz CT molecular complexity index is 691. The van der Waals surface area contributed by atoms with Gasteiger partial charge in [-0.15, -0.1) is 5.10 Å². The van der Waals surface area contributed by atoms with Crippen LogP contribution >= 0.6 is 0 Å². The van der Waals surface area contributed by atoms with Crippen molar-refractivity contribution in [3.63, 3.8) is 0 Å². The highest BCUT2D eigenvalue weighted by molar-refractivity contribution is 5.90. The maximum absolute atomic E-state index is 11.9. The van der Waals surface area contributed by atoms with Crippen molar-refractivity contribution in [2.75, 3.05) is 0 Å². The first-order valence-electron chi connectivity index (χ1n) is 6.66. The van der Waals surface area contributed by atoms with E-state index in [-0.39, 0.29) is 23.8 Å². The van der Waals surface area contributed by atoms with Crippen LogP contribution in [0.5, 0.6) is 0 Å². The molecule has 3 N–H and O–H groups in total. The van der Waals surface area contributed by atoms with Crippen molar-refractivity contribution >= 4 is 11.9 Å². The molecule has 7 heteroatoms. The SMILES string of the molecule is O=C(O)c1cccc(CNC(=O)c2n[nH]c(C3CC3)n2)c1. The van der Waals surface area contributed by atoms with E-state index in [1.54, 1.807) is 12.1 Å². The van der Waals surface area contributed by atoms with Crippen LogP contribution in [0, 0.1) is 0 Å². The molecular weight excluding hydrogens is 272 g/mol. The highest BCUT2D eigenvalue weighted by Crippen LogP contribution is 2.37. The molecule has 21 heavy (non-hydrogen) atoms. The van der Waals surface area contributed by atoms with Gasteiger partial charge in [0.2, 0.25) is 5.82 Å². The number of hydrogen-bond acceptors (Lipinski definition) is 4. The summed E-state index contributed by atoms with van der Waals surface area (Å²) in [6.45, 7) is 0.229. The Labute approximate surface area is 120 Å². The molecule has 1 aliphatic rings. The first-order valence-corrected chi connectivity index (χ1v) is 6.66. The minimum atomic E-state index is -0.994. The molecule has 2 aromatic rings. The van der Waals surface area contributed by atoms with E-state index in [9.17, 15) is 9.59 Å². The fourth-order valence-electron chi connectivity index (χ4n) is 1.99. The lowest BCUT2D eigenvalue weighted by Gasteiger charge is -2.03. The highest BCUT2D eigenvalue weighted by Gasteiger charge is 2.28. The number of hydrogen-bond donors (Lipinski definition) is 3. The van der Waals surface area contributed by atoms with Crippen LogP contribution in [0.1, 0.15) is 51.1 Å². The van der Waals surface area contributed by atoms with Gasteiger partial charge in [0.05, 0.1) is 5.56 Å². The van der Waals surface area contributed by atoms with Gasteiger partial charge in [0.25, 0.3) is 5.91 Å². The second kappa shape index (κ2) is 5.35. The molecule has 108 valence electrons. The fourth-order valence-corrected chi connectivity index (χ4v) is 1.99. The lowest BCUT2D eigenvalue weighted by atomic mass is 10.1. The van der Waals surface area contributed by atoms with Crippen molar-refractivity contribution in [2.24, 2.45) is 0 Å². The molecule has 1 aromatic carbocycles. The number of aromatic nitrogens is 3. The lowest BCUT2D eigenvalue weighted by Crippen LogP contribution is -2.24. The zero-order chi connectivity index (χ0) is 14.8. The monoisotopic (exact) mass is 286 g/mol. The Kier molecular flexibility index (Phi) is 3.39. The Morgan fingerprint density at radius 1 is 1.38 bits per heavy atom. The smallest absolute Gasteiger partial charge is 0.335 e. The van der Waals surface area contributed by atoms with E-state index in [4.69, 9.17) is 5.11 Å². The number of carboxylic acid groups (broad SMARTS) is 1. The predicted octanol–water partition coefficient (Wildman–Crippen LogP) is 1.31. The Morgan fingerprint density at radius 3 is 2.90 bits per heavy atom. The molecule has 1 heterocycles. The molecule has 0 bridgehead atoms. The van der Waals surface area contributed by atoms with Crippen LogP contribution in [0.15, 0.2) is 24.3 Å². The van der Waals surface area contributed by atoms with Gasteiger partial charge in [-0.1, -0.05) is 12.1 Å². The fraction of sp³-hybridized carbons (Fsp3) is 0.286. The van der Waals surface area contributed by atoms with Crippen molar-refractivity contribution in [2.45, 2.75) is 25.3 Å². The molecule has 1 aromatic heterocycles. The number of H-pyrrole nitrogens is 1. The van der Waals surface area contributed by atoms with Crippen LogP contribution in [0.2, 0.25) is 0 Å². The molecular formula is C14H14N4O3. The maximum Gasteiger partial charge on any atom is 0.335 e. The Morgan fingerprint density at radius 2 is 2.19 bits per heavy atom. The van der Waals surface area contributed by atoms with E-state index in [1.807, 2.05) is 0 Å². The molecule has 0 unspecified atom stereocenters. The largest absolute Gasteiger partial charge is 0.478 e. The molecule has 0 atom stereocenters. The Hall–Kier alpha value is -2.70. The summed E-state index contributed by atoms with van der Waals surface area (Å²) >= 11 is 0. The van der Waals surface area contributed by atoms with Gasteiger partial charge in [-0.05, 0) is 30.5 Å². The number of carbonyl (C=O) groups is 2. The van der Waals surface area contributed by atoms with Crippen molar-refractivity contribution in [1.29, 1.82) is 0 Å². The topological polar surface area (TPSA) is 108 Å². The van der Waals surface area contributed by atoms with Crippen LogP contribution in [0.4, 0.5) is 0 Å². The molecule has 0 radical (unpaired) electrons. The maximum atomic E-state index is 11.9. The quantitative estimate of drug-likeness (QED) is 0.768. The van der Waals surface area contributed by atoms with Crippen molar-refractivity contribution in [3.8, 4) is 0 Å². The van der Waals surface area contributed by atoms with Gasteiger partial charge in [0, 0.05) is 12.5 Å². The van der Waals surface area contributed by atoms with E-state index < -0.39 is 5.97 Å². The van der Waals surface area contributed by atoms with Gasteiger partial charge < -0.3 is 10.4 Å². The number of carboxylic acids is 1. The number of nitrogens with zero attached hydrogens (tertiary/aromatic N) is 2. The third kappa shape index (κ3) is 3.07. The molecule has 7 nitrogen and oxygen atoms in total. The molecule has 0 saturated heterocycles. The lowest BCUT2D eigenvalue weighted by molar-refractivity contribution is 0.0696. The van der Waals surface area contributed by atoms with E-state index in [0.717, 1.165) is 18.7 Å². The molecule has 1 amide bonds. The van der Waals surface area contributed by atoms with Crippen LogP contribution < -0.4 is 5.32 Å². The minimum Gasteiger partial charge on any atom is -0.478 e. The number of carbonyl (C=O) groups excluding carboxylic acids is 1. The van der Waals surface area contributed by atoms with E-state index in [2.05, 4.69) is 20.5 Å². The second-order valence-corrected chi connectivity index (χ2v) is 5.01. The van der Waals surface area contributed by atoms with Crippen molar-refractivity contribution in [1.82, 2.24) is 20.5 Å². The number of aromatic amines is 1. The first kappa shape index (κ1) is 13.3. The van der Waals surface area contributed by atoms with Gasteiger partial charge in [0.1, 0.15) is 5.82 Å². The summed E-state index contributed by atoms with van der Waals surface area (Å²) in [6.07, 6.45) is 2.16. The average molecular weight is 286 g/mol. The van der Waals surface area contributed by atoms with Crippen molar-refractivity contribution < 1.29 is 14.7 Å². The third-order valence-electron chi connectivity index (χ3n) is 3.30. The predicted molar refractivity (Wildman–Crippen MR) is 72.9 cm³/mol. The number of rotatable bonds is 5. The van der Waals surface area contributed by atoms with Crippen LogP contribution in [0.25, 0.3) is 0 Å². The molecule has 3 rings (SSSR count). The van der Waals surface area contributed by atoms with Crippen LogP contribution in [-0.4, -0.2) is 32.2 Å². The molecule has 1 aliphatic carbocycles. The third-order valence-corrected chi connectivity index (χ3v) is 3.30. The summed E-state index contributed by atoms with van der Waals surface area (Å²) < 4.78 is 0. The van der Waals surface area contributed by atoms with Gasteiger partial charge >= 0.3 is 5.97 Å². The molecule has 0 aliphatic heterocycles. The number of aromatic carboxylic acids is 1. The summed E-state index contributed by atoms with van der Waals surface area (Å²) in [4.78, 5) is 27.0. The van der Waals surface area contributed by atoms with Gasteiger partial charge in [-0.3, -0.25) is 9.89 Å². The normalized spacial score (nSPS) is 13.9. The number of nitrogens with one attached hydrogen (secondary N) is 2.